The standard InChI is InChI=1S/C25H24Cl2N4O/c26-18-6-7-21(20(27)13-18)31-24-17-11-14-8-15(12-17)10-16(9-14)22(24)23(30-31)25(32)29-28-19-4-2-1-3-5-19/h1-7,13-17,28H,8-12H2,(H,29,32). The largest absolute Gasteiger partial charge is 0.298 e. The van der Waals surface area contributed by atoms with E-state index in [1.165, 1.54) is 25.0 Å². The van der Waals surface area contributed by atoms with Gasteiger partial charge in [-0.2, -0.15) is 5.10 Å². The number of hydrazine groups is 1. The van der Waals surface area contributed by atoms with Gasteiger partial charge in [-0.05, 0) is 80.2 Å². The van der Waals surface area contributed by atoms with Crippen LogP contribution in [-0.4, -0.2) is 15.7 Å². The second kappa shape index (κ2) is 7.82. The SMILES string of the molecule is O=C(NNc1ccccc1)c1nn(-c2ccc(Cl)cc2Cl)c2c1C1CC3CC(C1)CC2C3. The Hall–Kier alpha value is -2.50. The molecule has 164 valence electrons. The first-order chi connectivity index (χ1) is 15.6. The fraction of sp³-hybridized carbons (Fsp3) is 0.360. The van der Waals surface area contributed by atoms with Crippen LogP contribution in [-0.2, 0) is 0 Å². The Morgan fingerprint density at radius 2 is 1.66 bits per heavy atom. The molecule has 2 atom stereocenters. The predicted octanol–water partition coefficient (Wildman–Crippen LogP) is 6.33. The third-order valence-corrected chi connectivity index (χ3v) is 7.88. The zero-order chi connectivity index (χ0) is 21.8. The molecule has 2 saturated carbocycles. The summed E-state index contributed by atoms with van der Waals surface area (Å²) in [6.07, 6.45) is 5.95. The van der Waals surface area contributed by atoms with Crippen LogP contribution in [0, 0.1) is 11.8 Å². The molecule has 2 aromatic carbocycles. The molecule has 1 amide bonds. The van der Waals surface area contributed by atoms with Crippen molar-refractivity contribution in [2.24, 2.45) is 11.8 Å². The molecule has 1 heterocycles. The van der Waals surface area contributed by atoms with Crippen LogP contribution in [0.25, 0.3) is 5.69 Å². The normalized spacial score (nSPS) is 25.3. The lowest BCUT2D eigenvalue weighted by atomic mass is 9.67. The van der Waals surface area contributed by atoms with Crippen LogP contribution in [0.3, 0.4) is 0 Å². The fourth-order valence-corrected chi connectivity index (χ4v) is 6.75. The van der Waals surface area contributed by atoms with Crippen molar-refractivity contribution in [3.63, 3.8) is 0 Å². The lowest BCUT2D eigenvalue weighted by Gasteiger charge is -2.38. The Morgan fingerprint density at radius 1 is 0.938 bits per heavy atom. The van der Waals surface area contributed by atoms with Crippen molar-refractivity contribution in [3.05, 3.63) is 75.5 Å². The van der Waals surface area contributed by atoms with Gasteiger partial charge in [0.15, 0.2) is 5.69 Å². The number of hydrogen-bond acceptors (Lipinski definition) is 3. The highest BCUT2D eigenvalue weighted by atomic mass is 35.5. The minimum Gasteiger partial charge on any atom is -0.298 e. The zero-order valence-electron chi connectivity index (χ0n) is 17.5. The van der Waals surface area contributed by atoms with Crippen molar-refractivity contribution in [1.29, 1.82) is 0 Å². The maximum atomic E-state index is 13.4. The van der Waals surface area contributed by atoms with Crippen LogP contribution < -0.4 is 10.9 Å². The molecule has 2 N–H and O–H groups in total. The molecule has 0 saturated heterocycles. The number of nitrogens with one attached hydrogen (secondary N) is 2. The van der Waals surface area contributed by atoms with Gasteiger partial charge in [-0.15, -0.1) is 0 Å². The van der Waals surface area contributed by atoms with Crippen LogP contribution in [0.4, 0.5) is 5.69 Å². The van der Waals surface area contributed by atoms with E-state index in [0.717, 1.165) is 41.6 Å². The molecule has 2 fully saturated rings. The summed E-state index contributed by atoms with van der Waals surface area (Å²) in [6.45, 7) is 0. The summed E-state index contributed by atoms with van der Waals surface area (Å²) in [6, 6.07) is 15.1. The lowest BCUT2D eigenvalue weighted by molar-refractivity contribution is 0.0954. The van der Waals surface area contributed by atoms with Gasteiger partial charge in [0.2, 0.25) is 0 Å². The van der Waals surface area contributed by atoms with E-state index in [9.17, 15) is 4.79 Å². The van der Waals surface area contributed by atoms with Crippen molar-refractivity contribution >= 4 is 34.8 Å². The van der Waals surface area contributed by atoms with Crippen molar-refractivity contribution in [2.75, 3.05) is 5.43 Å². The minimum atomic E-state index is -0.213. The Morgan fingerprint density at radius 3 is 2.38 bits per heavy atom. The Balaban J connectivity index is 1.45. The average Bonchev–Trinajstić information content (AvgIpc) is 3.09. The quantitative estimate of drug-likeness (QED) is 0.441. The van der Waals surface area contributed by atoms with Gasteiger partial charge in [-0.3, -0.25) is 15.6 Å². The van der Waals surface area contributed by atoms with E-state index in [4.69, 9.17) is 28.3 Å². The molecular weight excluding hydrogens is 443 g/mol. The number of halogens is 2. The minimum absolute atomic E-state index is 0.213. The van der Waals surface area contributed by atoms with Gasteiger partial charge >= 0.3 is 0 Å². The molecule has 0 spiro atoms. The Bertz CT molecular complexity index is 1180. The number of carbonyl (C=O) groups is 1. The third kappa shape index (κ3) is 3.39. The third-order valence-electron chi connectivity index (χ3n) is 7.34. The smallest absolute Gasteiger partial charge is 0.290 e. The highest BCUT2D eigenvalue weighted by Gasteiger charge is 2.46. The predicted molar refractivity (Wildman–Crippen MR) is 127 cm³/mol. The topological polar surface area (TPSA) is 59.0 Å². The summed E-state index contributed by atoms with van der Waals surface area (Å²) in [7, 11) is 0. The summed E-state index contributed by atoms with van der Waals surface area (Å²) in [5.74, 6) is 2.03. The number of rotatable bonds is 4. The highest BCUT2D eigenvalue weighted by Crippen LogP contribution is 2.57. The molecule has 4 bridgehead atoms. The van der Waals surface area contributed by atoms with E-state index < -0.39 is 0 Å². The first-order valence-corrected chi connectivity index (χ1v) is 12.0. The number of benzene rings is 2. The Labute approximate surface area is 197 Å². The van der Waals surface area contributed by atoms with E-state index in [2.05, 4.69) is 10.9 Å². The second-order valence-electron chi connectivity index (χ2n) is 9.40. The number of anilines is 1. The molecule has 5 nitrogen and oxygen atoms in total. The summed E-state index contributed by atoms with van der Waals surface area (Å²) in [5.41, 5.74) is 10.3. The number of amides is 1. The monoisotopic (exact) mass is 466 g/mol. The number of nitrogens with zero attached hydrogens (tertiary/aromatic N) is 2. The molecule has 0 aliphatic heterocycles. The molecule has 7 rings (SSSR count). The van der Waals surface area contributed by atoms with Crippen LogP contribution in [0.2, 0.25) is 10.0 Å². The highest BCUT2D eigenvalue weighted by molar-refractivity contribution is 6.35. The summed E-state index contributed by atoms with van der Waals surface area (Å²) in [4.78, 5) is 13.4. The van der Waals surface area contributed by atoms with Gasteiger partial charge < -0.3 is 0 Å². The van der Waals surface area contributed by atoms with E-state index in [0.29, 0.717) is 27.6 Å². The van der Waals surface area contributed by atoms with Crippen molar-refractivity contribution in [3.8, 4) is 5.69 Å². The van der Waals surface area contributed by atoms with Crippen molar-refractivity contribution < 1.29 is 4.79 Å². The molecule has 1 aromatic heterocycles. The molecule has 2 unspecified atom stereocenters. The number of hydrogen-bond donors (Lipinski definition) is 2. The summed E-state index contributed by atoms with van der Waals surface area (Å²) in [5, 5.41) is 5.99. The molecular formula is C25H24Cl2N4O. The van der Waals surface area contributed by atoms with Crippen LogP contribution in [0.1, 0.15) is 65.7 Å². The molecule has 4 aliphatic carbocycles. The number of para-hydroxylation sites is 1. The maximum Gasteiger partial charge on any atom is 0.290 e. The van der Waals surface area contributed by atoms with Crippen molar-refractivity contribution in [2.45, 2.75) is 43.9 Å². The molecule has 7 heteroatoms. The number of aromatic nitrogens is 2. The maximum absolute atomic E-state index is 13.4. The summed E-state index contributed by atoms with van der Waals surface area (Å²) >= 11 is 12.8. The van der Waals surface area contributed by atoms with Gasteiger partial charge in [0.25, 0.3) is 5.91 Å². The first-order valence-electron chi connectivity index (χ1n) is 11.3. The van der Waals surface area contributed by atoms with Crippen LogP contribution >= 0.6 is 23.2 Å². The Kier molecular flexibility index (Phi) is 4.92. The van der Waals surface area contributed by atoms with Crippen molar-refractivity contribution in [1.82, 2.24) is 15.2 Å². The van der Waals surface area contributed by atoms with Gasteiger partial charge in [-0.1, -0.05) is 41.4 Å². The summed E-state index contributed by atoms with van der Waals surface area (Å²) < 4.78 is 1.93. The zero-order valence-corrected chi connectivity index (χ0v) is 19.0. The second-order valence-corrected chi connectivity index (χ2v) is 10.2. The average molecular weight is 467 g/mol. The van der Waals surface area contributed by atoms with E-state index >= 15 is 0 Å². The van der Waals surface area contributed by atoms with Crippen LogP contribution in [0.5, 0.6) is 0 Å². The van der Waals surface area contributed by atoms with E-state index in [1.807, 2.05) is 47.1 Å². The molecule has 32 heavy (non-hydrogen) atoms. The van der Waals surface area contributed by atoms with Gasteiger partial charge in [-0.25, -0.2) is 4.68 Å². The fourth-order valence-electron chi connectivity index (χ4n) is 6.26. The van der Waals surface area contributed by atoms with E-state index in [1.54, 1.807) is 6.07 Å². The molecule has 0 radical (unpaired) electrons. The van der Waals surface area contributed by atoms with Gasteiger partial charge in [0, 0.05) is 16.5 Å². The van der Waals surface area contributed by atoms with Crippen LogP contribution in [0.15, 0.2) is 48.5 Å². The van der Waals surface area contributed by atoms with Gasteiger partial charge in [0.1, 0.15) is 0 Å². The number of carbonyl (C=O) groups excluding carboxylic acids is 1. The van der Waals surface area contributed by atoms with Gasteiger partial charge in [0.05, 0.1) is 22.1 Å². The first kappa shape index (κ1) is 20.1. The molecule has 3 aromatic rings. The van der Waals surface area contributed by atoms with E-state index in [-0.39, 0.29) is 5.91 Å². The molecule has 4 aliphatic rings. The lowest BCUT2D eigenvalue weighted by Crippen LogP contribution is -2.31.